The molecule has 1 atom stereocenters. The molecule has 1 aromatic carbocycles. The molecular formula is C28H27N5O2. The summed E-state index contributed by atoms with van der Waals surface area (Å²) in [5, 5.41) is 0. The van der Waals surface area contributed by atoms with E-state index in [9.17, 15) is 4.79 Å². The molecule has 4 aromatic rings. The van der Waals surface area contributed by atoms with Crippen LogP contribution in [0.4, 0.5) is 0 Å². The average Bonchev–Trinajstić information content (AvgIpc) is 3.36. The van der Waals surface area contributed by atoms with E-state index in [1.165, 1.54) is 11.1 Å². The molecule has 0 unspecified atom stereocenters. The van der Waals surface area contributed by atoms with Gasteiger partial charge in [0.2, 0.25) is 5.88 Å². The molecule has 0 bridgehead atoms. The van der Waals surface area contributed by atoms with Gasteiger partial charge in [0, 0.05) is 31.1 Å². The molecule has 1 fully saturated rings. The maximum Gasteiger partial charge on any atom is 0.259 e. The highest BCUT2D eigenvalue weighted by Crippen LogP contribution is 2.34. The van der Waals surface area contributed by atoms with Crippen molar-refractivity contribution in [2.45, 2.75) is 39.2 Å². The second-order valence-corrected chi connectivity index (χ2v) is 8.85. The van der Waals surface area contributed by atoms with Crippen molar-refractivity contribution in [3.8, 4) is 11.6 Å². The van der Waals surface area contributed by atoms with Crippen molar-refractivity contribution in [1.29, 1.82) is 0 Å². The zero-order valence-electron chi connectivity index (χ0n) is 19.9. The number of rotatable bonds is 6. The van der Waals surface area contributed by atoms with Gasteiger partial charge in [-0.05, 0) is 56.5 Å². The molecule has 35 heavy (non-hydrogen) atoms. The number of pyridine rings is 2. The van der Waals surface area contributed by atoms with E-state index < -0.39 is 0 Å². The monoisotopic (exact) mass is 465 g/mol. The van der Waals surface area contributed by atoms with Gasteiger partial charge in [0.05, 0.1) is 29.8 Å². The summed E-state index contributed by atoms with van der Waals surface area (Å²) in [6.07, 6.45) is 9.27. The zero-order chi connectivity index (χ0) is 24.2. The van der Waals surface area contributed by atoms with Gasteiger partial charge in [0.25, 0.3) is 5.91 Å². The first kappa shape index (κ1) is 22.7. The van der Waals surface area contributed by atoms with Crippen LogP contribution in [0.15, 0.2) is 73.3 Å². The Hall–Kier alpha value is -4.13. The number of ether oxygens (including phenoxy) is 1. The number of carbonyl (C=O) groups excluding carboxylic acids is 1. The average molecular weight is 466 g/mol. The minimum Gasteiger partial charge on any atom is -0.437 e. The van der Waals surface area contributed by atoms with E-state index in [1.807, 2.05) is 24.0 Å². The largest absolute Gasteiger partial charge is 0.437 e. The molecule has 1 aliphatic rings. The lowest BCUT2D eigenvalue weighted by molar-refractivity contribution is 0.0729. The SMILES string of the molecule is Cc1cccc(Cc2cncc([C@H]3CCCN3C(=O)c3cccnc3Oc3ccc(C)nc3)n2)c1. The Balaban J connectivity index is 1.38. The summed E-state index contributed by atoms with van der Waals surface area (Å²) >= 11 is 0. The van der Waals surface area contributed by atoms with Crippen LogP contribution in [0.2, 0.25) is 0 Å². The van der Waals surface area contributed by atoms with Crippen molar-refractivity contribution in [2.75, 3.05) is 6.54 Å². The van der Waals surface area contributed by atoms with Crippen molar-refractivity contribution < 1.29 is 9.53 Å². The summed E-state index contributed by atoms with van der Waals surface area (Å²) in [6, 6.07) is 15.4. The van der Waals surface area contributed by atoms with Crippen molar-refractivity contribution >= 4 is 5.91 Å². The third kappa shape index (κ3) is 5.19. The molecule has 0 saturated carbocycles. The van der Waals surface area contributed by atoms with E-state index in [-0.39, 0.29) is 17.8 Å². The van der Waals surface area contributed by atoms with Crippen molar-refractivity contribution in [3.63, 3.8) is 0 Å². The molecule has 4 heterocycles. The smallest absolute Gasteiger partial charge is 0.259 e. The first-order valence-electron chi connectivity index (χ1n) is 11.8. The van der Waals surface area contributed by atoms with Gasteiger partial charge in [-0.25, -0.2) is 4.98 Å². The molecular weight excluding hydrogens is 438 g/mol. The molecule has 3 aromatic heterocycles. The number of aryl methyl sites for hydroxylation is 2. The molecule has 7 heteroatoms. The Kier molecular flexibility index (Phi) is 6.48. The summed E-state index contributed by atoms with van der Waals surface area (Å²) < 4.78 is 5.93. The van der Waals surface area contributed by atoms with Crippen LogP contribution in [0.5, 0.6) is 11.6 Å². The minimum atomic E-state index is -0.137. The number of aromatic nitrogens is 4. The molecule has 5 rings (SSSR count). The fourth-order valence-electron chi connectivity index (χ4n) is 4.43. The Morgan fingerprint density at radius 3 is 2.80 bits per heavy atom. The van der Waals surface area contributed by atoms with Crippen LogP contribution in [0, 0.1) is 13.8 Å². The first-order valence-corrected chi connectivity index (χ1v) is 11.8. The lowest BCUT2D eigenvalue weighted by Gasteiger charge is -2.25. The van der Waals surface area contributed by atoms with E-state index in [1.54, 1.807) is 36.9 Å². The molecule has 0 radical (unpaired) electrons. The molecule has 176 valence electrons. The number of amides is 1. The molecule has 7 nitrogen and oxygen atoms in total. The lowest BCUT2D eigenvalue weighted by atomic mass is 10.1. The second-order valence-electron chi connectivity index (χ2n) is 8.85. The Morgan fingerprint density at radius 1 is 1.06 bits per heavy atom. The van der Waals surface area contributed by atoms with Crippen LogP contribution < -0.4 is 4.74 Å². The predicted octanol–water partition coefficient (Wildman–Crippen LogP) is 5.24. The summed E-state index contributed by atoms with van der Waals surface area (Å²) in [5.41, 5.74) is 5.43. The highest BCUT2D eigenvalue weighted by Gasteiger charge is 2.33. The fourth-order valence-corrected chi connectivity index (χ4v) is 4.43. The topological polar surface area (TPSA) is 81.1 Å². The van der Waals surface area contributed by atoms with E-state index >= 15 is 0 Å². The van der Waals surface area contributed by atoms with E-state index in [0.717, 1.165) is 29.9 Å². The molecule has 1 aliphatic heterocycles. The van der Waals surface area contributed by atoms with Gasteiger partial charge in [-0.1, -0.05) is 29.8 Å². The summed E-state index contributed by atoms with van der Waals surface area (Å²) in [7, 11) is 0. The minimum absolute atomic E-state index is 0.124. The summed E-state index contributed by atoms with van der Waals surface area (Å²) in [4.78, 5) is 33.4. The number of carbonyl (C=O) groups is 1. The third-order valence-electron chi connectivity index (χ3n) is 6.13. The zero-order valence-corrected chi connectivity index (χ0v) is 19.9. The van der Waals surface area contributed by atoms with Gasteiger partial charge in [-0.15, -0.1) is 0 Å². The Bertz CT molecular complexity index is 1340. The van der Waals surface area contributed by atoms with Gasteiger partial charge in [0.15, 0.2) is 0 Å². The fraction of sp³-hybridized carbons (Fsp3) is 0.250. The number of benzene rings is 1. The number of likely N-dealkylation sites (tertiary alicyclic amines) is 1. The van der Waals surface area contributed by atoms with Gasteiger partial charge >= 0.3 is 0 Å². The van der Waals surface area contributed by atoms with Crippen molar-refractivity contribution in [1.82, 2.24) is 24.8 Å². The summed E-state index contributed by atoms with van der Waals surface area (Å²) in [5.74, 6) is 0.686. The molecule has 0 N–H and O–H groups in total. The van der Waals surface area contributed by atoms with E-state index in [0.29, 0.717) is 24.3 Å². The Morgan fingerprint density at radius 2 is 1.97 bits per heavy atom. The van der Waals surface area contributed by atoms with Crippen LogP contribution in [0.25, 0.3) is 0 Å². The standard InChI is InChI=1S/C28H27N5O2/c1-19-6-3-7-21(14-19)15-22-16-29-18-25(32-22)26-9-5-13-33(26)28(34)24-8-4-12-30-27(24)35-23-11-10-20(2)31-17-23/h3-4,6-8,10-12,14,16-18,26H,5,9,13,15H2,1-2H3/t26-/m1/s1. The van der Waals surface area contributed by atoms with Gasteiger partial charge in [0.1, 0.15) is 11.3 Å². The van der Waals surface area contributed by atoms with Gasteiger partial charge in [-0.2, -0.15) is 0 Å². The quantitative estimate of drug-likeness (QED) is 0.387. The highest BCUT2D eigenvalue weighted by molar-refractivity contribution is 5.96. The van der Waals surface area contributed by atoms with Crippen LogP contribution >= 0.6 is 0 Å². The molecule has 1 amide bonds. The number of nitrogens with zero attached hydrogens (tertiary/aromatic N) is 5. The molecule has 0 aliphatic carbocycles. The molecule has 0 spiro atoms. The van der Waals surface area contributed by atoms with Gasteiger partial charge in [-0.3, -0.25) is 19.7 Å². The van der Waals surface area contributed by atoms with Crippen LogP contribution in [0.1, 0.15) is 57.5 Å². The lowest BCUT2D eigenvalue weighted by Crippen LogP contribution is -2.31. The van der Waals surface area contributed by atoms with Crippen LogP contribution in [-0.4, -0.2) is 37.3 Å². The van der Waals surface area contributed by atoms with Crippen molar-refractivity contribution in [2.24, 2.45) is 0 Å². The maximum absolute atomic E-state index is 13.7. The second kappa shape index (κ2) is 10.0. The number of hydrogen-bond acceptors (Lipinski definition) is 6. The first-order chi connectivity index (χ1) is 17.1. The molecule has 1 saturated heterocycles. The normalized spacial score (nSPS) is 15.3. The predicted molar refractivity (Wildman–Crippen MR) is 132 cm³/mol. The van der Waals surface area contributed by atoms with Crippen molar-refractivity contribution in [3.05, 3.63) is 107 Å². The summed E-state index contributed by atoms with van der Waals surface area (Å²) in [6.45, 7) is 4.64. The van der Waals surface area contributed by atoms with Crippen LogP contribution in [-0.2, 0) is 6.42 Å². The maximum atomic E-state index is 13.7. The highest BCUT2D eigenvalue weighted by atomic mass is 16.5. The van der Waals surface area contributed by atoms with Gasteiger partial charge < -0.3 is 9.64 Å². The van der Waals surface area contributed by atoms with E-state index in [2.05, 4.69) is 46.1 Å². The van der Waals surface area contributed by atoms with E-state index in [4.69, 9.17) is 9.72 Å². The number of hydrogen-bond donors (Lipinski definition) is 0. The third-order valence-corrected chi connectivity index (χ3v) is 6.13. The Labute approximate surface area is 204 Å². The van der Waals surface area contributed by atoms with Crippen LogP contribution in [0.3, 0.4) is 0 Å².